The van der Waals surface area contributed by atoms with Gasteiger partial charge < -0.3 is 10.4 Å². The zero-order chi connectivity index (χ0) is 24.3. The second-order valence-electron chi connectivity index (χ2n) is 10.3. The molecule has 0 saturated heterocycles. The van der Waals surface area contributed by atoms with E-state index in [-0.39, 0.29) is 16.7 Å². The largest absolute Gasteiger partial charge is 0.507 e. The Kier molecular flexibility index (Phi) is 9.34. The molecule has 176 valence electrons. The number of anilines is 1. The van der Waals surface area contributed by atoms with Crippen LogP contribution in [0.5, 0.6) is 5.75 Å². The summed E-state index contributed by atoms with van der Waals surface area (Å²) in [6.07, 6.45) is 1.91. The minimum absolute atomic E-state index is 0.00999. The number of amides is 1. The van der Waals surface area contributed by atoms with E-state index in [9.17, 15) is 9.90 Å². The van der Waals surface area contributed by atoms with Gasteiger partial charge in [0.2, 0.25) is 5.91 Å². The number of thioether (sulfide) groups is 1. The van der Waals surface area contributed by atoms with E-state index in [2.05, 4.69) is 90.9 Å². The van der Waals surface area contributed by atoms with E-state index in [0.29, 0.717) is 11.5 Å². The molecular formula is C26H35Br2NO2S. The second kappa shape index (κ2) is 11.0. The Labute approximate surface area is 214 Å². The summed E-state index contributed by atoms with van der Waals surface area (Å²) in [5.74, 6) is 1.77. The first kappa shape index (κ1) is 27.3. The third kappa shape index (κ3) is 7.53. The molecular weight excluding hydrogens is 550 g/mol. The van der Waals surface area contributed by atoms with E-state index in [4.69, 9.17) is 0 Å². The number of rotatable bonds is 7. The summed E-state index contributed by atoms with van der Waals surface area (Å²) >= 11 is 8.64. The molecule has 0 saturated carbocycles. The van der Waals surface area contributed by atoms with E-state index in [1.807, 2.05) is 19.1 Å². The van der Waals surface area contributed by atoms with Gasteiger partial charge in [-0.05, 0) is 86.7 Å². The SMILES string of the molecule is Cc1cc(Br)cc(Br)c1NC(=O)CSCCCc1cc(C(C)(C)C)c(O)c(C(C)(C)C)c1. The first-order chi connectivity index (χ1) is 14.7. The third-order valence-corrected chi connectivity index (χ3v) is 7.42. The van der Waals surface area contributed by atoms with Crippen LogP contribution in [0.25, 0.3) is 0 Å². The zero-order valence-corrected chi connectivity index (χ0v) is 24.1. The smallest absolute Gasteiger partial charge is 0.234 e. The molecule has 2 rings (SSSR count). The zero-order valence-electron chi connectivity index (χ0n) is 20.2. The lowest BCUT2D eigenvalue weighted by Crippen LogP contribution is -2.18. The molecule has 6 heteroatoms. The van der Waals surface area contributed by atoms with Crippen LogP contribution in [0.1, 0.15) is 70.2 Å². The lowest BCUT2D eigenvalue weighted by atomic mass is 9.78. The number of halogens is 2. The number of phenols is 1. The summed E-state index contributed by atoms with van der Waals surface area (Å²) in [4.78, 5) is 12.4. The average Bonchev–Trinajstić information content (AvgIpc) is 2.63. The van der Waals surface area contributed by atoms with E-state index in [1.165, 1.54) is 5.56 Å². The number of hydrogen-bond donors (Lipinski definition) is 2. The van der Waals surface area contributed by atoms with Crippen LogP contribution < -0.4 is 5.32 Å². The lowest BCUT2D eigenvalue weighted by molar-refractivity contribution is -0.113. The van der Waals surface area contributed by atoms with Crippen LogP contribution in [0.15, 0.2) is 33.2 Å². The summed E-state index contributed by atoms with van der Waals surface area (Å²) in [6, 6.07) is 8.22. The van der Waals surface area contributed by atoms with Gasteiger partial charge in [-0.25, -0.2) is 0 Å². The van der Waals surface area contributed by atoms with Gasteiger partial charge in [0, 0.05) is 8.95 Å². The van der Waals surface area contributed by atoms with Crippen molar-refractivity contribution in [2.45, 2.75) is 72.1 Å². The van der Waals surface area contributed by atoms with Gasteiger partial charge in [-0.15, -0.1) is 0 Å². The van der Waals surface area contributed by atoms with Crippen LogP contribution in [0, 0.1) is 6.92 Å². The Balaban J connectivity index is 1.95. The molecule has 0 aliphatic carbocycles. The van der Waals surface area contributed by atoms with Crippen molar-refractivity contribution in [1.82, 2.24) is 0 Å². The first-order valence-corrected chi connectivity index (χ1v) is 13.6. The van der Waals surface area contributed by atoms with E-state index >= 15 is 0 Å². The second-order valence-corrected chi connectivity index (χ2v) is 13.2. The molecule has 2 aromatic rings. The minimum atomic E-state index is -0.119. The molecule has 0 aliphatic heterocycles. The maximum absolute atomic E-state index is 12.4. The molecule has 0 heterocycles. The number of carbonyl (C=O) groups excluding carboxylic acids is 1. The van der Waals surface area contributed by atoms with Gasteiger partial charge in [0.15, 0.2) is 0 Å². The number of benzene rings is 2. The maximum Gasteiger partial charge on any atom is 0.234 e. The van der Waals surface area contributed by atoms with Crippen LogP contribution in [0.4, 0.5) is 5.69 Å². The van der Waals surface area contributed by atoms with Crippen molar-refractivity contribution in [3.8, 4) is 5.75 Å². The number of aromatic hydroxyl groups is 1. The van der Waals surface area contributed by atoms with Crippen LogP contribution in [0.3, 0.4) is 0 Å². The third-order valence-electron chi connectivity index (χ3n) is 5.29. The predicted molar refractivity (Wildman–Crippen MR) is 146 cm³/mol. The molecule has 2 N–H and O–H groups in total. The van der Waals surface area contributed by atoms with Crippen molar-refractivity contribution in [2.75, 3.05) is 16.8 Å². The average molecular weight is 585 g/mol. The predicted octanol–water partition coefficient (Wildman–Crippen LogP) is 8.13. The molecule has 0 bridgehead atoms. The molecule has 0 spiro atoms. The van der Waals surface area contributed by atoms with Crippen molar-refractivity contribution in [2.24, 2.45) is 0 Å². The molecule has 1 amide bonds. The highest BCUT2D eigenvalue weighted by Crippen LogP contribution is 2.40. The molecule has 32 heavy (non-hydrogen) atoms. The Bertz CT molecular complexity index is 917. The van der Waals surface area contributed by atoms with Crippen molar-refractivity contribution in [3.05, 3.63) is 55.5 Å². The van der Waals surface area contributed by atoms with Crippen molar-refractivity contribution >= 4 is 55.2 Å². The Morgan fingerprint density at radius 1 is 1.00 bits per heavy atom. The maximum atomic E-state index is 12.4. The number of phenolic OH excluding ortho intramolecular Hbond substituents is 1. The summed E-state index contributed by atoms with van der Waals surface area (Å²) in [6.45, 7) is 14.8. The van der Waals surface area contributed by atoms with Crippen LogP contribution >= 0.6 is 43.6 Å². The van der Waals surface area contributed by atoms with Crippen molar-refractivity contribution < 1.29 is 9.90 Å². The van der Waals surface area contributed by atoms with Crippen LogP contribution in [-0.2, 0) is 22.0 Å². The first-order valence-electron chi connectivity index (χ1n) is 10.9. The molecule has 3 nitrogen and oxygen atoms in total. The number of hydrogen-bond acceptors (Lipinski definition) is 3. The number of carbonyl (C=O) groups is 1. The van der Waals surface area contributed by atoms with Crippen LogP contribution in [0.2, 0.25) is 0 Å². The van der Waals surface area contributed by atoms with Crippen LogP contribution in [-0.4, -0.2) is 22.5 Å². The van der Waals surface area contributed by atoms with Crippen molar-refractivity contribution in [3.63, 3.8) is 0 Å². The van der Waals surface area contributed by atoms with E-state index in [0.717, 1.165) is 49.9 Å². The molecule has 0 aliphatic rings. The summed E-state index contributed by atoms with van der Waals surface area (Å²) in [5.41, 5.74) is 4.86. The fraction of sp³-hybridized carbons (Fsp3) is 0.500. The topological polar surface area (TPSA) is 49.3 Å². The number of nitrogens with one attached hydrogen (secondary N) is 1. The Morgan fingerprint density at radius 2 is 1.56 bits per heavy atom. The molecule has 0 atom stereocenters. The minimum Gasteiger partial charge on any atom is -0.507 e. The molecule has 2 aromatic carbocycles. The van der Waals surface area contributed by atoms with Gasteiger partial charge in [0.05, 0.1) is 11.4 Å². The van der Waals surface area contributed by atoms with Gasteiger partial charge in [0.1, 0.15) is 5.75 Å². The summed E-state index contributed by atoms with van der Waals surface area (Å²) in [5, 5.41) is 13.9. The van der Waals surface area contributed by atoms with Crippen molar-refractivity contribution in [1.29, 1.82) is 0 Å². The van der Waals surface area contributed by atoms with Gasteiger partial charge >= 0.3 is 0 Å². The molecule has 0 radical (unpaired) electrons. The summed E-state index contributed by atoms with van der Waals surface area (Å²) in [7, 11) is 0. The highest BCUT2D eigenvalue weighted by Gasteiger charge is 2.26. The molecule has 0 unspecified atom stereocenters. The van der Waals surface area contributed by atoms with Gasteiger partial charge in [-0.3, -0.25) is 4.79 Å². The summed E-state index contributed by atoms with van der Waals surface area (Å²) < 4.78 is 1.85. The van der Waals surface area contributed by atoms with Gasteiger partial charge in [-0.2, -0.15) is 11.8 Å². The fourth-order valence-corrected chi connectivity index (χ4v) is 5.85. The monoisotopic (exact) mass is 583 g/mol. The lowest BCUT2D eigenvalue weighted by Gasteiger charge is -2.28. The highest BCUT2D eigenvalue weighted by atomic mass is 79.9. The normalized spacial score (nSPS) is 12.2. The number of aryl methyl sites for hydroxylation is 2. The molecule has 0 fully saturated rings. The van der Waals surface area contributed by atoms with Gasteiger partial charge in [-0.1, -0.05) is 69.6 Å². The van der Waals surface area contributed by atoms with E-state index in [1.54, 1.807) is 11.8 Å². The Hall–Kier alpha value is -0.980. The Morgan fingerprint density at radius 3 is 2.06 bits per heavy atom. The fourth-order valence-electron chi connectivity index (χ4n) is 3.56. The molecule has 0 aromatic heterocycles. The quantitative estimate of drug-likeness (QED) is 0.323. The highest BCUT2D eigenvalue weighted by molar-refractivity contribution is 9.11. The van der Waals surface area contributed by atoms with Gasteiger partial charge in [0.25, 0.3) is 0 Å². The standard InChI is InChI=1S/C26H35Br2NO2S/c1-16-11-18(27)14-21(28)23(16)29-22(30)15-32-10-8-9-17-12-19(25(2,3)4)24(31)20(13-17)26(5,6)7/h11-14,31H,8-10,15H2,1-7H3,(H,29,30). The van der Waals surface area contributed by atoms with E-state index < -0.39 is 0 Å².